The molecule has 1 fully saturated rings. The number of amides is 4. The predicted octanol–water partition coefficient (Wildman–Crippen LogP) is 3.59. The quantitative estimate of drug-likeness (QED) is 0.340. The van der Waals surface area contributed by atoms with Crippen LogP contribution < -0.4 is 16.0 Å². The molecule has 0 saturated carbocycles. The topological polar surface area (TPSA) is 120 Å². The Morgan fingerprint density at radius 2 is 1.89 bits per heavy atom. The standard InChI is InChI=1S/C27H37N5O4S/c1-17(19-9-11-20(12-10-19)22-18(2)29-16-37-22)30-24(34)21-8-6-14-32(21)25(35)23(27(3,4)5)31-26(36)28-13-7-15-33/h9-12,15-17,21,23H,6-8,13-14H2,1-5H3,(H,30,34)(H2,28,31,36)/t17-,21-,23+/m0/s1. The molecule has 3 atom stereocenters. The van der Waals surface area contributed by atoms with E-state index in [4.69, 9.17) is 0 Å². The van der Waals surface area contributed by atoms with Gasteiger partial charge in [0.1, 0.15) is 18.4 Å². The maximum absolute atomic E-state index is 13.5. The molecule has 0 radical (unpaired) electrons. The van der Waals surface area contributed by atoms with Crippen LogP contribution >= 0.6 is 11.3 Å². The molecule has 0 aliphatic carbocycles. The molecule has 3 rings (SSSR count). The van der Waals surface area contributed by atoms with Crippen molar-refractivity contribution in [3.05, 3.63) is 41.0 Å². The SMILES string of the molecule is Cc1ncsc1-c1ccc([C@H](C)NC(=O)[C@@H]2CCCN2C(=O)[C@@H](NC(=O)NCCC=O)C(C)(C)C)cc1. The summed E-state index contributed by atoms with van der Waals surface area (Å²) < 4.78 is 0. The number of hydrogen-bond acceptors (Lipinski definition) is 6. The lowest BCUT2D eigenvalue weighted by Crippen LogP contribution is -2.59. The Morgan fingerprint density at radius 1 is 1.19 bits per heavy atom. The van der Waals surface area contributed by atoms with Gasteiger partial charge in [0.15, 0.2) is 0 Å². The first kappa shape index (κ1) is 28.3. The summed E-state index contributed by atoms with van der Waals surface area (Å²) in [5, 5.41) is 8.40. The lowest BCUT2D eigenvalue weighted by atomic mass is 9.85. The number of nitrogens with one attached hydrogen (secondary N) is 3. The summed E-state index contributed by atoms with van der Waals surface area (Å²) >= 11 is 1.60. The fourth-order valence-electron chi connectivity index (χ4n) is 4.44. The number of aryl methyl sites for hydroxylation is 1. The van der Waals surface area contributed by atoms with Crippen LogP contribution in [0, 0.1) is 12.3 Å². The van der Waals surface area contributed by atoms with Crippen molar-refractivity contribution in [3.8, 4) is 10.4 Å². The number of rotatable bonds is 9. The van der Waals surface area contributed by atoms with Crippen LogP contribution in [0.25, 0.3) is 10.4 Å². The fraction of sp³-hybridized carbons (Fsp3) is 0.519. The van der Waals surface area contributed by atoms with Gasteiger partial charge in [0.05, 0.1) is 22.1 Å². The van der Waals surface area contributed by atoms with Gasteiger partial charge in [0.25, 0.3) is 0 Å². The number of likely N-dealkylation sites (tertiary alicyclic amines) is 1. The molecule has 200 valence electrons. The van der Waals surface area contributed by atoms with Crippen molar-refractivity contribution in [2.45, 2.75) is 72.0 Å². The van der Waals surface area contributed by atoms with Crippen LogP contribution in [0.2, 0.25) is 0 Å². The van der Waals surface area contributed by atoms with Gasteiger partial charge >= 0.3 is 6.03 Å². The summed E-state index contributed by atoms with van der Waals surface area (Å²) in [4.78, 5) is 56.7. The third-order valence-electron chi connectivity index (χ3n) is 6.55. The highest BCUT2D eigenvalue weighted by Crippen LogP contribution is 2.29. The van der Waals surface area contributed by atoms with Crippen molar-refractivity contribution in [2.24, 2.45) is 5.41 Å². The lowest BCUT2D eigenvalue weighted by Gasteiger charge is -2.35. The molecule has 1 aromatic heterocycles. The molecule has 10 heteroatoms. The van der Waals surface area contributed by atoms with Crippen LogP contribution in [0.15, 0.2) is 29.8 Å². The van der Waals surface area contributed by atoms with E-state index in [2.05, 4.69) is 20.9 Å². The van der Waals surface area contributed by atoms with E-state index in [-0.39, 0.29) is 30.8 Å². The Hall–Kier alpha value is -3.27. The average molecular weight is 528 g/mol. The monoisotopic (exact) mass is 527 g/mol. The van der Waals surface area contributed by atoms with Crippen molar-refractivity contribution in [2.75, 3.05) is 13.1 Å². The van der Waals surface area contributed by atoms with Crippen LogP contribution in [0.4, 0.5) is 4.79 Å². The molecule has 0 spiro atoms. The Labute approximate surface area is 222 Å². The van der Waals surface area contributed by atoms with Crippen LogP contribution in [-0.4, -0.2) is 59.2 Å². The van der Waals surface area contributed by atoms with E-state index < -0.39 is 23.5 Å². The zero-order chi connectivity index (χ0) is 27.2. The summed E-state index contributed by atoms with van der Waals surface area (Å²) in [6.07, 6.45) is 2.19. The Kier molecular flexibility index (Phi) is 9.42. The lowest BCUT2D eigenvalue weighted by molar-refractivity contribution is -0.142. The van der Waals surface area contributed by atoms with Crippen molar-refractivity contribution in [1.82, 2.24) is 25.8 Å². The number of thiazole rings is 1. The molecule has 0 unspecified atom stereocenters. The number of aldehydes is 1. The number of carbonyl (C=O) groups is 4. The molecule has 1 saturated heterocycles. The van der Waals surface area contributed by atoms with Crippen molar-refractivity contribution >= 4 is 35.5 Å². The van der Waals surface area contributed by atoms with Gasteiger partial charge in [-0.25, -0.2) is 9.78 Å². The molecule has 1 aliphatic rings. The second-order valence-corrected chi connectivity index (χ2v) is 11.3. The van der Waals surface area contributed by atoms with Crippen LogP contribution in [0.5, 0.6) is 0 Å². The van der Waals surface area contributed by atoms with Crippen molar-refractivity contribution in [3.63, 3.8) is 0 Å². The number of urea groups is 1. The highest BCUT2D eigenvalue weighted by Gasteiger charge is 2.42. The van der Waals surface area contributed by atoms with E-state index in [9.17, 15) is 19.2 Å². The largest absolute Gasteiger partial charge is 0.348 e. The van der Waals surface area contributed by atoms with Crippen molar-refractivity contribution < 1.29 is 19.2 Å². The van der Waals surface area contributed by atoms with Crippen molar-refractivity contribution in [1.29, 1.82) is 0 Å². The number of benzene rings is 1. The molecule has 1 aromatic carbocycles. The number of carbonyl (C=O) groups excluding carboxylic acids is 4. The number of aromatic nitrogens is 1. The van der Waals surface area contributed by atoms with E-state index in [1.807, 2.05) is 64.4 Å². The van der Waals surface area contributed by atoms with Gasteiger partial charge in [-0.3, -0.25) is 9.59 Å². The van der Waals surface area contributed by atoms with Gasteiger partial charge in [-0.1, -0.05) is 45.0 Å². The Balaban J connectivity index is 1.66. The van der Waals surface area contributed by atoms with E-state index in [0.717, 1.165) is 28.0 Å². The second-order valence-electron chi connectivity index (χ2n) is 10.5. The van der Waals surface area contributed by atoms with Crippen LogP contribution in [-0.2, 0) is 14.4 Å². The predicted molar refractivity (Wildman–Crippen MR) is 144 cm³/mol. The molecule has 1 aliphatic heterocycles. The second kappa shape index (κ2) is 12.3. The molecule has 9 nitrogen and oxygen atoms in total. The van der Waals surface area contributed by atoms with Crippen LogP contribution in [0.1, 0.15) is 64.3 Å². The number of nitrogens with zero attached hydrogens (tertiary/aromatic N) is 2. The van der Waals surface area contributed by atoms with E-state index >= 15 is 0 Å². The molecular formula is C27H37N5O4S. The molecule has 2 heterocycles. The molecule has 37 heavy (non-hydrogen) atoms. The maximum atomic E-state index is 13.5. The minimum Gasteiger partial charge on any atom is -0.348 e. The summed E-state index contributed by atoms with van der Waals surface area (Å²) in [6.45, 7) is 10.2. The van der Waals surface area contributed by atoms with E-state index in [1.54, 1.807) is 16.2 Å². The van der Waals surface area contributed by atoms with E-state index in [0.29, 0.717) is 19.4 Å². The van der Waals surface area contributed by atoms with Gasteiger partial charge < -0.3 is 25.6 Å². The average Bonchev–Trinajstić information content (AvgIpc) is 3.51. The van der Waals surface area contributed by atoms with Gasteiger partial charge in [-0.15, -0.1) is 11.3 Å². The third-order valence-corrected chi connectivity index (χ3v) is 7.53. The first-order chi connectivity index (χ1) is 17.5. The highest BCUT2D eigenvalue weighted by atomic mass is 32.1. The molecule has 2 aromatic rings. The smallest absolute Gasteiger partial charge is 0.315 e. The minimum atomic E-state index is -0.822. The van der Waals surface area contributed by atoms with Gasteiger partial charge in [-0.05, 0) is 43.2 Å². The zero-order valence-corrected chi connectivity index (χ0v) is 23.0. The van der Waals surface area contributed by atoms with Gasteiger partial charge in [0, 0.05) is 19.5 Å². The fourth-order valence-corrected chi connectivity index (χ4v) is 5.25. The normalized spacial score (nSPS) is 17.1. The molecule has 3 N–H and O–H groups in total. The zero-order valence-electron chi connectivity index (χ0n) is 22.2. The van der Waals surface area contributed by atoms with E-state index in [1.165, 1.54) is 0 Å². The first-order valence-corrected chi connectivity index (χ1v) is 13.5. The third kappa shape index (κ3) is 7.15. The summed E-state index contributed by atoms with van der Waals surface area (Å²) in [5.74, 6) is -0.489. The minimum absolute atomic E-state index is 0.192. The van der Waals surface area contributed by atoms with Gasteiger partial charge in [0.2, 0.25) is 11.8 Å². The summed E-state index contributed by atoms with van der Waals surface area (Å²) in [7, 11) is 0. The summed E-state index contributed by atoms with van der Waals surface area (Å²) in [6, 6.07) is 5.89. The molecular weight excluding hydrogens is 490 g/mol. The summed E-state index contributed by atoms with van der Waals surface area (Å²) in [5.41, 5.74) is 4.30. The molecule has 0 bridgehead atoms. The Morgan fingerprint density at radius 3 is 2.49 bits per heavy atom. The molecule has 4 amide bonds. The maximum Gasteiger partial charge on any atom is 0.315 e. The number of hydrogen-bond donors (Lipinski definition) is 3. The van der Waals surface area contributed by atoms with Gasteiger partial charge in [-0.2, -0.15) is 0 Å². The van der Waals surface area contributed by atoms with Crippen LogP contribution in [0.3, 0.4) is 0 Å². The highest BCUT2D eigenvalue weighted by molar-refractivity contribution is 7.13. The Bertz CT molecular complexity index is 1110. The first-order valence-electron chi connectivity index (χ1n) is 12.6.